The zero-order valence-corrected chi connectivity index (χ0v) is 13.2. The van der Waals surface area contributed by atoms with E-state index in [2.05, 4.69) is 10.00 Å². The highest BCUT2D eigenvalue weighted by Gasteiger charge is 2.21. The van der Waals surface area contributed by atoms with Crippen LogP contribution in [-0.2, 0) is 6.54 Å². The highest BCUT2D eigenvalue weighted by atomic mass is 35.5. The summed E-state index contributed by atoms with van der Waals surface area (Å²) in [7, 11) is 0. The molecule has 3 rings (SSSR count). The second-order valence-electron chi connectivity index (χ2n) is 5.44. The van der Waals surface area contributed by atoms with Gasteiger partial charge in [-0.15, -0.1) is 0 Å². The maximum Gasteiger partial charge on any atom is 0.145 e. The zero-order valence-electron chi connectivity index (χ0n) is 11.7. The summed E-state index contributed by atoms with van der Waals surface area (Å²) in [6.07, 6.45) is 4.10. The molecular weight excluding hydrogens is 307 g/mol. The number of likely N-dealkylation sites (tertiary alicyclic amines) is 1. The Labute approximate surface area is 134 Å². The van der Waals surface area contributed by atoms with Gasteiger partial charge in [0.2, 0.25) is 0 Å². The summed E-state index contributed by atoms with van der Waals surface area (Å²) in [4.78, 5) is 2.40. The van der Waals surface area contributed by atoms with Gasteiger partial charge in [-0.05, 0) is 30.5 Å². The fourth-order valence-corrected chi connectivity index (χ4v) is 3.19. The van der Waals surface area contributed by atoms with E-state index in [1.807, 2.05) is 35.1 Å². The molecule has 0 unspecified atom stereocenters. The van der Waals surface area contributed by atoms with Crippen molar-refractivity contribution in [2.75, 3.05) is 18.8 Å². The largest absolute Gasteiger partial charge is 0.382 e. The van der Waals surface area contributed by atoms with E-state index in [4.69, 9.17) is 28.9 Å². The maximum absolute atomic E-state index is 6.25. The molecule has 0 bridgehead atoms. The molecule has 2 N–H and O–H groups in total. The number of nitrogens with two attached hydrogens (primary N) is 1. The molecule has 0 radical (unpaired) electrons. The molecule has 1 saturated heterocycles. The van der Waals surface area contributed by atoms with Crippen molar-refractivity contribution in [3.63, 3.8) is 0 Å². The fraction of sp³-hybridized carbons (Fsp3) is 0.400. The number of rotatable bonds is 3. The first-order chi connectivity index (χ1) is 10.1. The van der Waals surface area contributed by atoms with Crippen molar-refractivity contribution in [2.24, 2.45) is 0 Å². The van der Waals surface area contributed by atoms with Crippen molar-refractivity contribution < 1.29 is 0 Å². The van der Waals surface area contributed by atoms with Gasteiger partial charge < -0.3 is 5.73 Å². The Morgan fingerprint density at radius 3 is 2.62 bits per heavy atom. The molecule has 0 amide bonds. The SMILES string of the molecule is Nc1ccn(C2CCN(Cc3cccc(Cl)c3Cl)CC2)n1. The minimum Gasteiger partial charge on any atom is -0.382 e. The summed E-state index contributed by atoms with van der Waals surface area (Å²) in [5.41, 5.74) is 6.76. The van der Waals surface area contributed by atoms with E-state index in [1.54, 1.807) is 0 Å². The maximum atomic E-state index is 6.25. The summed E-state index contributed by atoms with van der Waals surface area (Å²) in [5.74, 6) is 0.586. The summed E-state index contributed by atoms with van der Waals surface area (Å²) in [6.45, 7) is 2.88. The average Bonchev–Trinajstić information content (AvgIpc) is 2.91. The van der Waals surface area contributed by atoms with Crippen molar-refractivity contribution >= 4 is 29.0 Å². The van der Waals surface area contributed by atoms with Crippen molar-refractivity contribution in [2.45, 2.75) is 25.4 Å². The second kappa shape index (κ2) is 6.26. The van der Waals surface area contributed by atoms with E-state index in [9.17, 15) is 0 Å². The van der Waals surface area contributed by atoms with Crippen LogP contribution in [0, 0.1) is 0 Å². The predicted octanol–water partition coefficient (Wildman–Crippen LogP) is 3.61. The summed E-state index contributed by atoms with van der Waals surface area (Å²) in [5, 5.41) is 5.60. The third kappa shape index (κ3) is 3.34. The van der Waals surface area contributed by atoms with Gasteiger partial charge in [-0.3, -0.25) is 9.58 Å². The molecule has 1 aromatic carbocycles. The van der Waals surface area contributed by atoms with Crippen LogP contribution in [-0.4, -0.2) is 27.8 Å². The number of hydrogen-bond donors (Lipinski definition) is 1. The lowest BCUT2D eigenvalue weighted by Crippen LogP contribution is -2.34. The molecule has 0 atom stereocenters. The molecule has 2 aromatic rings. The standard InChI is InChI=1S/C15H18Cl2N4/c16-13-3-1-2-11(15(13)17)10-20-7-4-12(5-8-20)21-9-6-14(18)19-21/h1-3,6,9,12H,4-5,7-8,10H2,(H2,18,19). The van der Waals surface area contributed by atoms with Gasteiger partial charge in [-0.1, -0.05) is 35.3 Å². The minimum atomic E-state index is 0.438. The second-order valence-corrected chi connectivity index (χ2v) is 6.23. The van der Waals surface area contributed by atoms with Crippen LogP contribution in [0.25, 0.3) is 0 Å². The topological polar surface area (TPSA) is 47.1 Å². The third-order valence-corrected chi connectivity index (χ3v) is 4.84. The fourth-order valence-electron chi connectivity index (χ4n) is 2.81. The summed E-state index contributed by atoms with van der Waals surface area (Å²) >= 11 is 12.3. The van der Waals surface area contributed by atoms with Crippen LogP contribution in [0.4, 0.5) is 5.82 Å². The number of benzene rings is 1. The van der Waals surface area contributed by atoms with Crippen LogP contribution in [0.15, 0.2) is 30.5 Å². The van der Waals surface area contributed by atoms with Crippen LogP contribution in [0.5, 0.6) is 0 Å². The number of hydrogen-bond acceptors (Lipinski definition) is 3. The van der Waals surface area contributed by atoms with Crippen molar-refractivity contribution in [3.05, 3.63) is 46.1 Å². The lowest BCUT2D eigenvalue weighted by atomic mass is 10.0. The molecule has 0 aliphatic carbocycles. The number of nitrogens with zero attached hydrogens (tertiary/aromatic N) is 3. The van der Waals surface area contributed by atoms with Crippen molar-refractivity contribution in [1.29, 1.82) is 0 Å². The number of piperidine rings is 1. The first kappa shape index (κ1) is 14.7. The van der Waals surface area contributed by atoms with Crippen LogP contribution < -0.4 is 5.73 Å². The zero-order chi connectivity index (χ0) is 14.8. The highest BCUT2D eigenvalue weighted by Crippen LogP contribution is 2.28. The third-order valence-electron chi connectivity index (χ3n) is 3.99. The van der Waals surface area contributed by atoms with E-state index >= 15 is 0 Å². The van der Waals surface area contributed by atoms with Gasteiger partial charge in [-0.25, -0.2) is 0 Å². The molecule has 0 spiro atoms. The Hall–Kier alpha value is -1.23. The lowest BCUT2D eigenvalue weighted by Gasteiger charge is -2.32. The summed E-state index contributed by atoms with van der Waals surface area (Å²) < 4.78 is 1.99. The molecular formula is C15H18Cl2N4. The van der Waals surface area contributed by atoms with Crippen molar-refractivity contribution in [1.82, 2.24) is 14.7 Å². The van der Waals surface area contributed by atoms with E-state index < -0.39 is 0 Å². The van der Waals surface area contributed by atoms with Crippen LogP contribution >= 0.6 is 23.2 Å². The van der Waals surface area contributed by atoms with Gasteiger partial charge in [0.25, 0.3) is 0 Å². The predicted molar refractivity (Wildman–Crippen MR) is 86.6 cm³/mol. The van der Waals surface area contributed by atoms with Crippen LogP contribution in [0.1, 0.15) is 24.4 Å². The Bertz CT molecular complexity index is 618. The number of anilines is 1. The lowest BCUT2D eigenvalue weighted by molar-refractivity contribution is 0.173. The summed E-state index contributed by atoms with van der Waals surface area (Å²) in [6, 6.07) is 8.09. The molecule has 1 aliphatic heterocycles. The monoisotopic (exact) mass is 324 g/mol. The molecule has 4 nitrogen and oxygen atoms in total. The molecule has 112 valence electrons. The van der Waals surface area contributed by atoms with E-state index in [0.29, 0.717) is 21.9 Å². The first-order valence-electron chi connectivity index (χ1n) is 7.09. The van der Waals surface area contributed by atoms with Gasteiger partial charge in [0.15, 0.2) is 0 Å². The van der Waals surface area contributed by atoms with Crippen molar-refractivity contribution in [3.8, 4) is 0 Å². The Kier molecular flexibility index (Phi) is 4.38. The van der Waals surface area contributed by atoms with Crippen LogP contribution in [0.3, 0.4) is 0 Å². The van der Waals surface area contributed by atoms with Gasteiger partial charge in [0, 0.05) is 25.8 Å². The Morgan fingerprint density at radius 1 is 1.19 bits per heavy atom. The highest BCUT2D eigenvalue weighted by molar-refractivity contribution is 6.42. The van der Waals surface area contributed by atoms with Gasteiger partial charge in [-0.2, -0.15) is 5.10 Å². The van der Waals surface area contributed by atoms with Gasteiger partial charge in [0.1, 0.15) is 5.82 Å². The normalized spacial score (nSPS) is 17.2. The molecule has 21 heavy (non-hydrogen) atoms. The molecule has 1 aliphatic rings. The van der Waals surface area contributed by atoms with E-state index in [-0.39, 0.29) is 0 Å². The quantitative estimate of drug-likeness (QED) is 0.938. The Morgan fingerprint density at radius 2 is 1.95 bits per heavy atom. The molecule has 6 heteroatoms. The number of aromatic nitrogens is 2. The number of halogens is 2. The minimum absolute atomic E-state index is 0.438. The Balaban J connectivity index is 1.60. The van der Waals surface area contributed by atoms with E-state index in [0.717, 1.165) is 38.0 Å². The van der Waals surface area contributed by atoms with Gasteiger partial charge >= 0.3 is 0 Å². The van der Waals surface area contributed by atoms with Gasteiger partial charge in [0.05, 0.1) is 16.1 Å². The van der Waals surface area contributed by atoms with E-state index in [1.165, 1.54) is 0 Å². The van der Waals surface area contributed by atoms with Crippen LogP contribution in [0.2, 0.25) is 10.0 Å². The molecule has 0 saturated carbocycles. The first-order valence-corrected chi connectivity index (χ1v) is 7.85. The number of nitrogen functional groups attached to an aromatic ring is 1. The molecule has 1 aromatic heterocycles. The molecule has 1 fully saturated rings. The smallest absolute Gasteiger partial charge is 0.145 e. The average molecular weight is 325 g/mol. The molecule has 2 heterocycles.